The lowest BCUT2D eigenvalue weighted by atomic mass is 9.98. The number of phenols is 5. The molecule has 2 saturated heterocycles. The van der Waals surface area contributed by atoms with Gasteiger partial charge in [0.1, 0.15) is 64.8 Å². The highest BCUT2D eigenvalue weighted by atomic mass is 16.7. The Morgan fingerprint density at radius 3 is 2.17 bits per heavy atom. The van der Waals surface area contributed by atoms with Crippen molar-refractivity contribution in [1.82, 2.24) is 0 Å². The summed E-state index contributed by atoms with van der Waals surface area (Å²) in [7, 11) is 0. The zero-order valence-electron chi connectivity index (χ0n) is 28.1. The van der Waals surface area contributed by atoms with Crippen molar-refractivity contribution in [1.29, 1.82) is 0 Å². The monoisotopic (exact) mass is 756 g/mol. The number of carbonyl (C=O) groups excluding carboxylic acids is 1. The number of hydrogen-bond donors (Lipinski definition) is 10. The smallest absolute Gasteiger partial charge is 0.331 e. The van der Waals surface area contributed by atoms with Crippen molar-refractivity contribution in [3.8, 4) is 45.8 Å². The molecule has 2 fully saturated rings. The third-order valence-corrected chi connectivity index (χ3v) is 8.82. The number of ether oxygens (including phenoxy) is 5. The number of aliphatic hydroxyl groups is 5. The van der Waals surface area contributed by atoms with E-state index >= 15 is 0 Å². The minimum atomic E-state index is -2.08. The number of aliphatic hydroxyl groups excluding tert-OH is 5. The molecule has 10 atom stereocenters. The summed E-state index contributed by atoms with van der Waals surface area (Å²) in [6.07, 6.45) is -14.6. The fourth-order valence-electron chi connectivity index (χ4n) is 5.89. The predicted molar refractivity (Wildman–Crippen MR) is 181 cm³/mol. The van der Waals surface area contributed by atoms with Crippen LogP contribution in [0.4, 0.5) is 0 Å². The van der Waals surface area contributed by atoms with Crippen LogP contribution in [0.2, 0.25) is 0 Å². The Hall–Kier alpha value is -5.44. The fourth-order valence-corrected chi connectivity index (χ4v) is 5.89. The normalized spacial score (nSPS) is 28.6. The Balaban J connectivity index is 1.34. The molecule has 0 bridgehead atoms. The standard InChI is InChI=1S/C36H36O18/c1-14-26(43)28(45)30(47)35(50-14)49-13-23-33(53-24(42)9-4-15-2-6-17(37)7-3-15)29(46)31(48)36(52-23)54-34-27(44)25-21(41)11-18(38)12-22(25)51-32(34)16-5-8-19(39)20(40)10-16/h2-12,14,23,26,28-31,33,35-41,43,45-48H,13H2,1H3/b9-4-/t14?,23?,26-,28-,29?,30?,31?,33-,35+,36-/m0/s1. The average Bonchev–Trinajstić information content (AvgIpc) is 3.13. The molecule has 18 nitrogen and oxygen atoms in total. The summed E-state index contributed by atoms with van der Waals surface area (Å²) in [6, 6.07) is 10.9. The van der Waals surface area contributed by atoms with Crippen LogP contribution in [-0.2, 0) is 23.7 Å². The third-order valence-electron chi connectivity index (χ3n) is 8.82. The van der Waals surface area contributed by atoms with Crippen LogP contribution in [-0.4, -0.2) is 125 Å². The van der Waals surface area contributed by atoms with Crippen molar-refractivity contribution >= 4 is 23.0 Å². The quantitative estimate of drug-likeness (QED) is 0.0623. The lowest BCUT2D eigenvalue weighted by Crippen LogP contribution is -2.62. The maximum absolute atomic E-state index is 13.9. The highest BCUT2D eigenvalue weighted by molar-refractivity contribution is 5.88. The van der Waals surface area contributed by atoms with Gasteiger partial charge in [-0.2, -0.15) is 0 Å². The van der Waals surface area contributed by atoms with Crippen LogP contribution >= 0.6 is 0 Å². The molecular formula is C36H36O18. The van der Waals surface area contributed by atoms with Gasteiger partial charge in [-0.05, 0) is 48.9 Å². The molecule has 10 N–H and O–H groups in total. The predicted octanol–water partition coefficient (Wildman–Crippen LogP) is 0.283. The summed E-state index contributed by atoms with van der Waals surface area (Å²) in [5.74, 6) is -4.59. The molecule has 0 spiro atoms. The van der Waals surface area contributed by atoms with Gasteiger partial charge in [-0.1, -0.05) is 12.1 Å². The highest BCUT2D eigenvalue weighted by Crippen LogP contribution is 2.39. The number of rotatable bonds is 9. The molecule has 4 aromatic rings. The number of esters is 1. The number of hydrogen-bond acceptors (Lipinski definition) is 18. The zero-order chi connectivity index (χ0) is 39.0. The molecule has 18 heteroatoms. The summed E-state index contributed by atoms with van der Waals surface area (Å²) in [5.41, 5.74) is -0.977. The van der Waals surface area contributed by atoms with Crippen molar-refractivity contribution in [2.24, 2.45) is 0 Å². The summed E-state index contributed by atoms with van der Waals surface area (Å²) >= 11 is 0. The second kappa shape index (κ2) is 15.5. The molecule has 288 valence electrons. The molecule has 54 heavy (non-hydrogen) atoms. The molecule has 1 aromatic heterocycles. The molecule has 2 aliphatic rings. The van der Waals surface area contributed by atoms with E-state index in [0.717, 1.165) is 30.3 Å². The van der Waals surface area contributed by atoms with E-state index in [9.17, 15) is 60.7 Å². The first-order chi connectivity index (χ1) is 25.6. The van der Waals surface area contributed by atoms with Gasteiger partial charge in [-0.15, -0.1) is 0 Å². The first-order valence-electron chi connectivity index (χ1n) is 16.3. The van der Waals surface area contributed by atoms with Crippen LogP contribution in [0.3, 0.4) is 0 Å². The lowest BCUT2D eigenvalue weighted by molar-refractivity contribution is -0.319. The molecule has 0 aliphatic carbocycles. The van der Waals surface area contributed by atoms with Crippen LogP contribution in [0.1, 0.15) is 12.5 Å². The van der Waals surface area contributed by atoms with Crippen molar-refractivity contribution in [2.75, 3.05) is 6.61 Å². The van der Waals surface area contributed by atoms with E-state index in [2.05, 4.69) is 0 Å². The average molecular weight is 757 g/mol. The van der Waals surface area contributed by atoms with Gasteiger partial charge < -0.3 is 79.2 Å². The van der Waals surface area contributed by atoms with Gasteiger partial charge in [-0.25, -0.2) is 4.79 Å². The Kier molecular flexibility index (Phi) is 11.0. The van der Waals surface area contributed by atoms with Crippen LogP contribution in [0, 0.1) is 0 Å². The molecule has 3 heterocycles. The van der Waals surface area contributed by atoms with Gasteiger partial charge in [0.15, 0.2) is 29.7 Å². The highest BCUT2D eigenvalue weighted by Gasteiger charge is 2.50. The van der Waals surface area contributed by atoms with Gasteiger partial charge in [0.05, 0.1) is 12.7 Å². The zero-order valence-corrected chi connectivity index (χ0v) is 28.1. The van der Waals surface area contributed by atoms with Gasteiger partial charge in [0.25, 0.3) is 0 Å². The van der Waals surface area contributed by atoms with Crippen molar-refractivity contribution in [2.45, 2.75) is 68.3 Å². The van der Waals surface area contributed by atoms with Crippen molar-refractivity contribution in [3.63, 3.8) is 0 Å². The van der Waals surface area contributed by atoms with E-state index in [0.29, 0.717) is 5.56 Å². The van der Waals surface area contributed by atoms with Crippen molar-refractivity contribution < 1.29 is 84.0 Å². The number of aromatic hydroxyl groups is 5. The molecular weight excluding hydrogens is 720 g/mol. The number of carbonyl (C=O) groups is 1. The molecule has 0 radical (unpaired) electrons. The van der Waals surface area contributed by atoms with Gasteiger partial charge in [0, 0.05) is 23.8 Å². The minimum Gasteiger partial charge on any atom is -0.508 e. The van der Waals surface area contributed by atoms with Crippen molar-refractivity contribution in [3.05, 3.63) is 76.5 Å². The first-order valence-corrected chi connectivity index (χ1v) is 16.3. The van der Waals surface area contributed by atoms with Gasteiger partial charge in [-0.3, -0.25) is 4.79 Å². The topological polar surface area (TPSA) is 296 Å². The second-order valence-electron chi connectivity index (χ2n) is 12.6. The van der Waals surface area contributed by atoms with E-state index in [1.54, 1.807) is 0 Å². The maximum atomic E-state index is 13.9. The summed E-state index contributed by atoms with van der Waals surface area (Å²) in [5, 5.41) is 103. The molecule has 0 amide bonds. The first kappa shape index (κ1) is 38.3. The summed E-state index contributed by atoms with van der Waals surface area (Å²) in [4.78, 5) is 26.8. The molecule has 5 unspecified atom stereocenters. The van der Waals surface area contributed by atoms with E-state index < -0.39 is 119 Å². The number of fused-ring (bicyclic) bond motifs is 1. The lowest BCUT2D eigenvalue weighted by Gasteiger charge is -2.43. The van der Waals surface area contributed by atoms with Crippen LogP contribution < -0.4 is 10.2 Å². The summed E-state index contributed by atoms with van der Waals surface area (Å²) in [6.45, 7) is 0.716. The van der Waals surface area contributed by atoms with Gasteiger partial charge >= 0.3 is 5.97 Å². The molecule has 2 aliphatic heterocycles. The maximum Gasteiger partial charge on any atom is 0.331 e. The second-order valence-corrected chi connectivity index (χ2v) is 12.6. The van der Waals surface area contributed by atoms with Crippen LogP contribution in [0.5, 0.6) is 34.5 Å². The van der Waals surface area contributed by atoms with Gasteiger partial charge in [0.2, 0.25) is 17.5 Å². The fraction of sp³-hybridized carbons (Fsp3) is 0.333. The van der Waals surface area contributed by atoms with E-state index in [4.69, 9.17) is 28.1 Å². The van der Waals surface area contributed by atoms with E-state index in [1.807, 2.05) is 0 Å². The van der Waals surface area contributed by atoms with Crippen LogP contribution in [0.15, 0.2) is 69.9 Å². The Morgan fingerprint density at radius 2 is 1.46 bits per heavy atom. The third kappa shape index (κ3) is 7.77. The Bertz CT molecular complexity index is 2080. The number of phenolic OH excluding ortho intramolecular Hbond substituents is 5. The minimum absolute atomic E-state index is 0.0137. The number of benzene rings is 3. The Morgan fingerprint density at radius 1 is 0.759 bits per heavy atom. The SMILES string of the molecule is CC1O[C@@H](OCC2O[C@@H](Oc3c(-c4ccc(O)c(O)c4)oc4cc(O)cc(O)c4c3=O)C(O)C(O)[C@H]2OC(=O)/C=C\c2ccc(O)cc2)C(O)[C@@H](O)[C@H]1O. The molecule has 0 saturated carbocycles. The van der Waals surface area contributed by atoms with E-state index in [1.165, 1.54) is 43.3 Å². The molecule has 3 aromatic carbocycles. The Labute approximate surface area is 304 Å². The molecule has 6 rings (SSSR count). The largest absolute Gasteiger partial charge is 0.508 e. The van der Waals surface area contributed by atoms with Crippen LogP contribution in [0.25, 0.3) is 28.4 Å². The summed E-state index contributed by atoms with van der Waals surface area (Å²) < 4.78 is 34.1. The van der Waals surface area contributed by atoms with E-state index in [-0.39, 0.29) is 16.9 Å².